The number of carbonyl (C=O) groups excluding carboxylic acids is 1. The van der Waals surface area contributed by atoms with Gasteiger partial charge in [-0.25, -0.2) is 4.79 Å². The lowest BCUT2D eigenvalue weighted by Crippen LogP contribution is -2.52. The normalized spacial score (nSPS) is 16.6. The molecule has 0 radical (unpaired) electrons. The van der Waals surface area contributed by atoms with Gasteiger partial charge in [-0.1, -0.05) is 18.2 Å². The maximum absolute atomic E-state index is 12.8. The number of alkyl halides is 3. The average Bonchev–Trinajstić information content (AvgIpc) is 2.73. The first-order valence-electron chi connectivity index (χ1n) is 9.53. The lowest BCUT2D eigenvalue weighted by Gasteiger charge is -2.36. The number of anilines is 1. The summed E-state index contributed by atoms with van der Waals surface area (Å²) in [4.78, 5) is 38.0. The molecule has 8 nitrogen and oxygen atoms in total. The number of nitrogens with one attached hydrogen (secondary N) is 1. The fourth-order valence-electron chi connectivity index (χ4n) is 3.58. The minimum atomic E-state index is -4.99. The van der Waals surface area contributed by atoms with E-state index in [0.717, 1.165) is 4.57 Å². The Balaban J connectivity index is 1.97. The molecule has 1 unspecified atom stereocenters. The molecule has 164 valence electrons. The number of carbonyl (C=O) groups is 1. The number of hydrogen-bond donors (Lipinski definition) is 1. The molecule has 3 rings (SSSR count). The molecular formula is C20H20F3N5O3. The molecule has 2 heterocycles. The third kappa shape index (κ3) is 4.79. The summed E-state index contributed by atoms with van der Waals surface area (Å²) in [7, 11) is 1.32. The van der Waals surface area contributed by atoms with Crippen molar-refractivity contribution in [2.24, 2.45) is 7.05 Å². The predicted octanol–water partition coefficient (Wildman–Crippen LogP) is 1.11. The summed E-state index contributed by atoms with van der Waals surface area (Å²) >= 11 is 0. The van der Waals surface area contributed by atoms with E-state index in [0.29, 0.717) is 30.5 Å². The van der Waals surface area contributed by atoms with E-state index < -0.39 is 29.4 Å². The van der Waals surface area contributed by atoms with E-state index in [4.69, 9.17) is 0 Å². The van der Waals surface area contributed by atoms with Crippen molar-refractivity contribution in [3.63, 3.8) is 0 Å². The molecule has 0 aliphatic carbocycles. The highest BCUT2D eigenvalue weighted by Gasteiger charge is 2.40. The molecule has 0 spiro atoms. The van der Waals surface area contributed by atoms with Gasteiger partial charge >= 0.3 is 17.8 Å². The molecule has 1 amide bonds. The molecule has 31 heavy (non-hydrogen) atoms. The topological polar surface area (TPSA) is 100 Å². The number of halogens is 3. The van der Waals surface area contributed by atoms with Gasteiger partial charge in [0, 0.05) is 32.2 Å². The van der Waals surface area contributed by atoms with Crippen LogP contribution in [-0.2, 0) is 18.4 Å². The smallest absolute Gasteiger partial charge is 0.356 e. The van der Waals surface area contributed by atoms with E-state index in [2.05, 4.69) is 6.07 Å². The maximum atomic E-state index is 12.8. The number of piperidine rings is 1. The second-order valence-electron chi connectivity index (χ2n) is 7.29. The zero-order valence-electron chi connectivity index (χ0n) is 16.6. The largest absolute Gasteiger partial charge is 0.471 e. The van der Waals surface area contributed by atoms with Crippen LogP contribution >= 0.6 is 0 Å². The van der Waals surface area contributed by atoms with Gasteiger partial charge in [-0.05, 0) is 24.5 Å². The van der Waals surface area contributed by atoms with Gasteiger partial charge in [0.2, 0.25) is 0 Å². The Morgan fingerprint density at radius 3 is 2.68 bits per heavy atom. The number of aromatic nitrogens is 2. The fourth-order valence-corrected chi connectivity index (χ4v) is 3.58. The lowest BCUT2D eigenvalue weighted by atomic mass is 10.1. The van der Waals surface area contributed by atoms with Crippen molar-refractivity contribution >= 4 is 11.7 Å². The quantitative estimate of drug-likeness (QED) is 0.776. The van der Waals surface area contributed by atoms with Crippen LogP contribution in [0.4, 0.5) is 19.0 Å². The summed E-state index contributed by atoms with van der Waals surface area (Å²) in [5, 5.41) is 11.3. The minimum Gasteiger partial charge on any atom is -0.356 e. The standard InChI is InChI=1S/C20H20F3N5O3/c1-26-17(29)9-16(27-8-4-7-15(12-27)25-18(30)20(21,22)23)28(19(26)31)11-14-6-3-2-5-13(14)10-24/h2-3,5-6,9,15H,4,7-8,11-12H2,1H3,(H,25,30). The van der Waals surface area contributed by atoms with Crippen molar-refractivity contribution in [3.8, 4) is 6.07 Å². The van der Waals surface area contributed by atoms with Gasteiger partial charge in [-0.2, -0.15) is 18.4 Å². The second-order valence-corrected chi connectivity index (χ2v) is 7.29. The molecule has 11 heteroatoms. The van der Waals surface area contributed by atoms with Crippen LogP contribution in [0.5, 0.6) is 0 Å². The van der Waals surface area contributed by atoms with E-state index in [1.165, 1.54) is 17.7 Å². The van der Waals surface area contributed by atoms with Crippen LogP contribution in [0.15, 0.2) is 39.9 Å². The maximum Gasteiger partial charge on any atom is 0.471 e. The molecule has 1 fully saturated rings. The van der Waals surface area contributed by atoms with E-state index in [1.807, 2.05) is 5.32 Å². The van der Waals surface area contributed by atoms with Crippen LogP contribution < -0.4 is 21.5 Å². The first-order valence-corrected chi connectivity index (χ1v) is 9.53. The van der Waals surface area contributed by atoms with Gasteiger partial charge in [-0.15, -0.1) is 0 Å². The molecule has 0 bridgehead atoms. The summed E-state index contributed by atoms with van der Waals surface area (Å²) in [5.41, 5.74) is -0.253. The van der Waals surface area contributed by atoms with E-state index in [9.17, 15) is 32.8 Å². The number of benzene rings is 1. The number of amides is 1. The second kappa shape index (κ2) is 8.67. The highest BCUT2D eigenvalue weighted by Crippen LogP contribution is 2.21. The third-order valence-electron chi connectivity index (χ3n) is 5.18. The summed E-state index contributed by atoms with van der Waals surface area (Å²) in [5.74, 6) is -1.80. The molecule has 1 N–H and O–H groups in total. The van der Waals surface area contributed by atoms with Gasteiger partial charge < -0.3 is 10.2 Å². The van der Waals surface area contributed by atoms with Gasteiger partial charge in [-0.3, -0.25) is 18.7 Å². The fraction of sp³-hybridized carbons (Fsp3) is 0.400. The molecule has 1 aliphatic heterocycles. The number of nitriles is 1. The Labute approximate surface area is 175 Å². The van der Waals surface area contributed by atoms with Crippen LogP contribution in [-0.4, -0.2) is 40.3 Å². The predicted molar refractivity (Wildman–Crippen MR) is 106 cm³/mol. The lowest BCUT2D eigenvalue weighted by molar-refractivity contribution is -0.174. The SMILES string of the molecule is Cn1c(=O)cc(N2CCCC(NC(=O)C(F)(F)F)C2)n(Cc2ccccc2C#N)c1=O. The van der Waals surface area contributed by atoms with E-state index in [1.54, 1.807) is 29.2 Å². The highest BCUT2D eigenvalue weighted by molar-refractivity contribution is 5.82. The number of rotatable bonds is 4. The Morgan fingerprint density at radius 2 is 2.00 bits per heavy atom. The van der Waals surface area contributed by atoms with Crippen molar-refractivity contribution in [2.75, 3.05) is 18.0 Å². The van der Waals surface area contributed by atoms with Crippen LogP contribution in [0.1, 0.15) is 24.0 Å². The van der Waals surface area contributed by atoms with Crippen LogP contribution in [0.2, 0.25) is 0 Å². The van der Waals surface area contributed by atoms with Crippen LogP contribution in [0.25, 0.3) is 0 Å². The van der Waals surface area contributed by atoms with E-state index in [-0.39, 0.29) is 18.9 Å². The summed E-state index contributed by atoms with van der Waals surface area (Å²) in [6.07, 6.45) is -4.19. The van der Waals surface area contributed by atoms with Crippen molar-refractivity contribution in [3.05, 3.63) is 62.3 Å². The first kappa shape index (κ1) is 22.1. The van der Waals surface area contributed by atoms with Crippen molar-refractivity contribution in [1.82, 2.24) is 14.5 Å². The van der Waals surface area contributed by atoms with Gasteiger partial charge in [0.05, 0.1) is 18.2 Å². The molecule has 1 aliphatic rings. The molecule has 2 aromatic rings. The number of hydrogen-bond acceptors (Lipinski definition) is 5. The van der Waals surface area contributed by atoms with E-state index >= 15 is 0 Å². The Morgan fingerprint density at radius 1 is 1.29 bits per heavy atom. The molecular weight excluding hydrogens is 415 g/mol. The van der Waals surface area contributed by atoms with Crippen molar-refractivity contribution in [2.45, 2.75) is 31.6 Å². The molecule has 1 aromatic heterocycles. The molecule has 1 saturated heterocycles. The average molecular weight is 435 g/mol. The van der Waals surface area contributed by atoms with Gasteiger partial charge in [0.25, 0.3) is 5.56 Å². The monoisotopic (exact) mass is 435 g/mol. The Kier molecular flexibility index (Phi) is 6.19. The zero-order chi connectivity index (χ0) is 22.8. The van der Waals surface area contributed by atoms with Crippen molar-refractivity contribution < 1.29 is 18.0 Å². The minimum absolute atomic E-state index is 0.00208. The van der Waals surface area contributed by atoms with Crippen LogP contribution in [0, 0.1) is 11.3 Å². The summed E-state index contributed by atoms with van der Waals surface area (Å²) < 4.78 is 40.1. The highest BCUT2D eigenvalue weighted by atomic mass is 19.4. The Hall–Kier alpha value is -3.55. The first-order chi connectivity index (χ1) is 14.6. The van der Waals surface area contributed by atoms with Crippen molar-refractivity contribution in [1.29, 1.82) is 5.26 Å². The van der Waals surface area contributed by atoms with Crippen LogP contribution in [0.3, 0.4) is 0 Å². The molecule has 1 aromatic carbocycles. The molecule has 1 atom stereocenters. The summed E-state index contributed by atoms with van der Waals surface area (Å²) in [6.45, 7) is 0.404. The summed E-state index contributed by atoms with van der Waals surface area (Å²) in [6, 6.07) is 9.19. The van der Waals surface area contributed by atoms with Gasteiger partial charge in [0.15, 0.2) is 0 Å². The Bertz CT molecular complexity index is 1150. The number of nitrogens with zero attached hydrogens (tertiary/aromatic N) is 4. The molecule has 0 saturated carbocycles. The van der Waals surface area contributed by atoms with Gasteiger partial charge in [0.1, 0.15) is 5.82 Å². The zero-order valence-corrected chi connectivity index (χ0v) is 16.6. The third-order valence-corrected chi connectivity index (χ3v) is 5.18.